The summed E-state index contributed by atoms with van der Waals surface area (Å²) in [7, 11) is 0. The van der Waals surface area contributed by atoms with Crippen LogP contribution in [0.15, 0.2) is 24.3 Å². The highest BCUT2D eigenvalue weighted by Crippen LogP contribution is 2.19. The average molecular weight is 333 g/mol. The number of primary amides is 1. The summed E-state index contributed by atoms with van der Waals surface area (Å²) in [6, 6.07) is 7.71. The first-order chi connectivity index (χ1) is 11.4. The number of benzene rings is 1. The fraction of sp³-hybridized carbons (Fsp3) is 0.556. The number of amides is 3. The normalized spacial score (nSPS) is 16.8. The van der Waals surface area contributed by atoms with E-state index < -0.39 is 6.23 Å². The van der Waals surface area contributed by atoms with Gasteiger partial charge in [-0.3, -0.25) is 4.79 Å². The van der Waals surface area contributed by atoms with Gasteiger partial charge in [-0.2, -0.15) is 0 Å². The smallest absolute Gasteiger partial charge is 0.320 e. The molecular formula is C18H27N3O3. The predicted molar refractivity (Wildman–Crippen MR) is 92.6 cm³/mol. The van der Waals surface area contributed by atoms with Gasteiger partial charge in [-0.05, 0) is 43.4 Å². The highest BCUT2D eigenvalue weighted by molar-refractivity contribution is 5.78. The van der Waals surface area contributed by atoms with E-state index in [0.717, 1.165) is 5.75 Å². The second-order valence-electron chi connectivity index (χ2n) is 6.60. The van der Waals surface area contributed by atoms with Crippen LogP contribution in [0.25, 0.3) is 0 Å². The summed E-state index contributed by atoms with van der Waals surface area (Å²) >= 11 is 0. The van der Waals surface area contributed by atoms with Crippen molar-refractivity contribution in [1.82, 2.24) is 10.2 Å². The molecule has 132 valence electrons. The van der Waals surface area contributed by atoms with Crippen LogP contribution in [-0.2, 0) is 4.79 Å². The largest absolute Gasteiger partial charge is 0.471 e. The molecule has 2 rings (SSSR count). The quantitative estimate of drug-likeness (QED) is 0.812. The van der Waals surface area contributed by atoms with Gasteiger partial charge in [-0.25, -0.2) is 4.79 Å². The Kier molecular flexibility index (Phi) is 6.06. The van der Waals surface area contributed by atoms with E-state index in [0.29, 0.717) is 31.8 Å². The van der Waals surface area contributed by atoms with E-state index in [4.69, 9.17) is 10.5 Å². The van der Waals surface area contributed by atoms with Crippen molar-refractivity contribution >= 4 is 11.9 Å². The van der Waals surface area contributed by atoms with Crippen molar-refractivity contribution in [1.29, 1.82) is 0 Å². The molecule has 0 saturated carbocycles. The molecule has 1 atom stereocenters. The van der Waals surface area contributed by atoms with Gasteiger partial charge >= 0.3 is 6.03 Å². The third-order valence-corrected chi connectivity index (χ3v) is 4.37. The van der Waals surface area contributed by atoms with Crippen molar-refractivity contribution in [2.45, 2.75) is 45.8 Å². The number of nitrogens with zero attached hydrogens (tertiary/aromatic N) is 1. The highest BCUT2D eigenvalue weighted by Gasteiger charge is 2.26. The number of urea groups is 1. The molecule has 1 aromatic carbocycles. The first-order valence-corrected chi connectivity index (χ1v) is 8.48. The lowest BCUT2D eigenvalue weighted by atomic mass is 9.96. The van der Waals surface area contributed by atoms with Crippen LogP contribution in [0.3, 0.4) is 0 Å². The Bertz CT molecular complexity index is 563. The number of rotatable bonds is 5. The first kappa shape index (κ1) is 18.1. The van der Waals surface area contributed by atoms with Crippen LogP contribution in [0.1, 0.15) is 45.1 Å². The third-order valence-electron chi connectivity index (χ3n) is 4.37. The summed E-state index contributed by atoms with van der Waals surface area (Å²) in [6.07, 6.45) is 0.805. The molecule has 6 heteroatoms. The Morgan fingerprint density at radius 1 is 1.17 bits per heavy atom. The van der Waals surface area contributed by atoms with E-state index in [1.165, 1.54) is 5.56 Å². The molecule has 0 radical (unpaired) electrons. The molecule has 1 aliphatic rings. The molecular weight excluding hydrogens is 306 g/mol. The maximum atomic E-state index is 12.2. The molecule has 1 saturated heterocycles. The maximum absolute atomic E-state index is 12.2. The molecule has 1 fully saturated rings. The Morgan fingerprint density at radius 2 is 1.75 bits per heavy atom. The van der Waals surface area contributed by atoms with Gasteiger partial charge in [0.05, 0.1) is 0 Å². The van der Waals surface area contributed by atoms with Gasteiger partial charge in [0.1, 0.15) is 5.75 Å². The summed E-state index contributed by atoms with van der Waals surface area (Å²) < 4.78 is 5.74. The van der Waals surface area contributed by atoms with E-state index in [1.807, 2.05) is 24.3 Å². The fourth-order valence-corrected chi connectivity index (χ4v) is 2.80. The molecule has 1 unspecified atom stereocenters. The number of piperidine rings is 1. The van der Waals surface area contributed by atoms with E-state index in [1.54, 1.807) is 11.8 Å². The van der Waals surface area contributed by atoms with Crippen LogP contribution in [0, 0.1) is 5.92 Å². The van der Waals surface area contributed by atoms with Gasteiger partial charge in [-0.15, -0.1) is 0 Å². The van der Waals surface area contributed by atoms with E-state index >= 15 is 0 Å². The molecule has 0 bridgehead atoms. The Hall–Kier alpha value is -2.24. The minimum atomic E-state index is -0.434. The average Bonchev–Trinajstić information content (AvgIpc) is 2.55. The second kappa shape index (κ2) is 8.04. The van der Waals surface area contributed by atoms with Gasteiger partial charge in [0.15, 0.2) is 6.23 Å². The Labute approximate surface area is 143 Å². The molecule has 24 heavy (non-hydrogen) atoms. The van der Waals surface area contributed by atoms with Crippen LogP contribution in [0.4, 0.5) is 4.79 Å². The number of nitrogens with two attached hydrogens (primary N) is 1. The van der Waals surface area contributed by atoms with Crippen LogP contribution < -0.4 is 15.8 Å². The molecule has 1 aliphatic heterocycles. The molecule has 3 N–H and O–H groups in total. The summed E-state index contributed by atoms with van der Waals surface area (Å²) in [5.74, 6) is 0.790. The van der Waals surface area contributed by atoms with Crippen molar-refractivity contribution in [2.75, 3.05) is 13.1 Å². The van der Waals surface area contributed by atoms with Crippen molar-refractivity contribution in [3.63, 3.8) is 0 Å². The summed E-state index contributed by atoms with van der Waals surface area (Å²) in [5.41, 5.74) is 6.55. The standard InChI is InChI=1S/C18H27N3O3/c1-12(2)14-4-6-16(7-5-14)24-13(3)20-18(23)21-10-8-15(9-11-21)17(19)22/h4-7,12-13,15H,8-11H2,1-3H3,(H2,19,22)(H,20,23). The summed E-state index contributed by atoms with van der Waals surface area (Å²) in [4.78, 5) is 25.1. The van der Waals surface area contributed by atoms with Gasteiger partial charge in [0.25, 0.3) is 0 Å². The van der Waals surface area contributed by atoms with Gasteiger partial charge in [-0.1, -0.05) is 26.0 Å². The second-order valence-corrected chi connectivity index (χ2v) is 6.60. The van der Waals surface area contributed by atoms with Crippen molar-refractivity contribution in [2.24, 2.45) is 11.7 Å². The summed E-state index contributed by atoms with van der Waals surface area (Å²) in [5, 5.41) is 2.83. The first-order valence-electron chi connectivity index (χ1n) is 8.48. The number of carbonyl (C=O) groups excluding carboxylic acids is 2. The number of likely N-dealkylation sites (tertiary alicyclic amines) is 1. The van der Waals surface area contributed by atoms with E-state index in [2.05, 4.69) is 19.2 Å². The molecule has 1 heterocycles. The van der Waals surface area contributed by atoms with Crippen LogP contribution in [0.5, 0.6) is 5.75 Å². The van der Waals surface area contributed by atoms with Crippen LogP contribution in [-0.4, -0.2) is 36.2 Å². The highest BCUT2D eigenvalue weighted by atomic mass is 16.5. The molecule has 0 aromatic heterocycles. The molecule has 0 aliphatic carbocycles. The lowest BCUT2D eigenvalue weighted by molar-refractivity contribution is -0.123. The number of ether oxygens (including phenoxy) is 1. The lowest BCUT2D eigenvalue weighted by Gasteiger charge is -2.31. The Balaban J connectivity index is 1.80. The number of hydrogen-bond acceptors (Lipinski definition) is 3. The zero-order valence-corrected chi connectivity index (χ0v) is 14.6. The molecule has 6 nitrogen and oxygen atoms in total. The molecule has 1 aromatic rings. The Morgan fingerprint density at radius 3 is 2.25 bits per heavy atom. The minimum absolute atomic E-state index is 0.123. The third kappa shape index (κ3) is 4.88. The van der Waals surface area contributed by atoms with E-state index in [-0.39, 0.29) is 17.9 Å². The molecule has 0 spiro atoms. The minimum Gasteiger partial charge on any atom is -0.471 e. The number of nitrogens with one attached hydrogen (secondary N) is 1. The van der Waals surface area contributed by atoms with Crippen molar-refractivity contribution < 1.29 is 14.3 Å². The SMILES string of the molecule is CC(NC(=O)N1CCC(C(N)=O)CC1)Oc1ccc(C(C)C)cc1. The molecule has 3 amide bonds. The maximum Gasteiger partial charge on any atom is 0.320 e. The summed E-state index contributed by atoms with van der Waals surface area (Å²) in [6.45, 7) is 7.15. The zero-order chi connectivity index (χ0) is 17.7. The van der Waals surface area contributed by atoms with Crippen molar-refractivity contribution in [3.05, 3.63) is 29.8 Å². The van der Waals surface area contributed by atoms with Crippen LogP contribution in [0.2, 0.25) is 0 Å². The van der Waals surface area contributed by atoms with Gasteiger partial charge in [0, 0.05) is 19.0 Å². The monoisotopic (exact) mass is 333 g/mol. The van der Waals surface area contributed by atoms with Crippen LogP contribution >= 0.6 is 0 Å². The van der Waals surface area contributed by atoms with Gasteiger partial charge in [0.2, 0.25) is 5.91 Å². The lowest BCUT2D eigenvalue weighted by Crippen LogP contribution is -2.49. The number of hydrogen-bond donors (Lipinski definition) is 2. The predicted octanol–water partition coefficient (Wildman–Crippen LogP) is 2.44. The van der Waals surface area contributed by atoms with Gasteiger partial charge < -0.3 is 20.7 Å². The zero-order valence-electron chi connectivity index (χ0n) is 14.6. The topological polar surface area (TPSA) is 84.7 Å². The van der Waals surface area contributed by atoms with E-state index in [9.17, 15) is 9.59 Å². The van der Waals surface area contributed by atoms with Crippen molar-refractivity contribution in [3.8, 4) is 5.75 Å². The fourth-order valence-electron chi connectivity index (χ4n) is 2.80. The number of carbonyl (C=O) groups is 2.